The molecule has 0 unspecified atom stereocenters. The molecule has 0 aromatic heterocycles. The van der Waals surface area contributed by atoms with Gasteiger partial charge in [-0.1, -0.05) is 12.1 Å². The number of anilines is 1. The van der Waals surface area contributed by atoms with Crippen LogP contribution in [0.3, 0.4) is 0 Å². The van der Waals surface area contributed by atoms with E-state index in [9.17, 15) is 14.9 Å². The van der Waals surface area contributed by atoms with Gasteiger partial charge in [-0.05, 0) is 13.0 Å². The van der Waals surface area contributed by atoms with Gasteiger partial charge in [-0.2, -0.15) is 0 Å². The van der Waals surface area contributed by atoms with Gasteiger partial charge in [-0.15, -0.1) is 0 Å². The molecule has 0 spiro atoms. The number of hydrogen-bond acceptors (Lipinski definition) is 5. The second kappa shape index (κ2) is 8.11. The topological polar surface area (TPSA) is 93.5 Å². The van der Waals surface area contributed by atoms with Crippen LogP contribution in [-0.4, -0.2) is 37.6 Å². The summed E-state index contributed by atoms with van der Waals surface area (Å²) in [6.07, 6.45) is 0.245. The number of nitrogens with zero attached hydrogens (tertiary/aromatic N) is 1. The summed E-state index contributed by atoms with van der Waals surface area (Å²) < 4.78 is 4.82. The van der Waals surface area contributed by atoms with Crippen LogP contribution in [0.15, 0.2) is 18.2 Å². The minimum Gasteiger partial charge on any atom is -0.383 e. The zero-order valence-corrected chi connectivity index (χ0v) is 11.6. The molecule has 110 valence electrons. The van der Waals surface area contributed by atoms with Crippen LogP contribution in [-0.2, 0) is 9.53 Å². The standard InChI is InChI=1S/C13H19N3O4/c1-10-4-3-5-11(13(10)16(18)19)14-7-6-12(17)15-8-9-20-2/h3-5,14H,6-9H2,1-2H3,(H,15,17). The Bertz CT molecular complexity index is 477. The summed E-state index contributed by atoms with van der Waals surface area (Å²) in [5, 5.41) is 16.6. The number of carbonyl (C=O) groups excluding carboxylic acids is 1. The smallest absolute Gasteiger partial charge is 0.295 e. The first-order valence-corrected chi connectivity index (χ1v) is 6.29. The predicted octanol–water partition coefficient (Wildman–Crippen LogP) is 1.47. The molecular formula is C13H19N3O4. The lowest BCUT2D eigenvalue weighted by Gasteiger charge is -2.09. The first kappa shape index (κ1) is 15.9. The number of para-hydroxylation sites is 1. The Hall–Kier alpha value is -2.15. The number of hydrogen-bond donors (Lipinski definition) is 2. The lowest BCUT2D eigenvalue weighted by molar-refractivity contribution is -0.384. The summed E-state index contributed by atoms with van der Waals surface area (Å²) in [4.78, 5) is 22.0. The van der Waals surface area contributed by atoms with Gasteiger partial charge in [0.15, 0.2) is 0 Å². The highest BCUT2D eigenvalue weighted by Gasteiger charge is 2.16. The third-order valence-electron chi connectivity index (χ3n) is 2.72. The van der Waals surface area contributed by atoms with Crippen molar-refractivity contribution in [2.75, 3.05) is 32.1 Å². The number of nitro groups is 1. The molecule has 7 nitrogen and oxygen atoms in total. The highest BCUT2D eigenvalue weighted by molar-refractivity contribution is 5.76. The van der Waals surface area contributed by atoms with E-state index in [1.165, 1.54) is 0 Å². The van der Waals surface area contributed by atoms with Crippen LogP contribution in [0.1, 0.15) is 12.0 Å². The third-order valence-corrected chi connectivity index (χ3v) is 2.72. The first-order chi connectivity index (χ1) is 9.56. The van der Waals surface area contributed by atoms with E-state index in [1.54, 1.807) is 32.2 Å². The summed E-state index contributed by atoms with van der Waals surface area (Å²) >= 11 is 0. The van der Waals surface area contributed by atoms with Crippen LogP contribution in [0.5, 0.6) is 0 Å². The van der Waals surface area contributed by atoms with E-state index in [0.29, 0.717) is 30.9 Å². The highest BCUT2D eigenvalue weighted by Crippen LogP contribution is 2.27. The molecule has 2 N–H and O–H groups in total. The number of amides is 1. The highest BCUT2D eigenvalue weighted by atomic mass is 16.6. The van der Waals surface area contributed by atoms with Crippen molar-refractivity contribution in [3.8, 4) is 0 Å². The summed E-state index contributed by atoms with van der Waals surface area (Å²) in [5.74, 6) is -0.121. The Morgan fingerprint density at radius 2 is 2.15 bits per heavy atom. The number of benzene rings is 1. The van der Waals surface area contributed by atoms with E-state index in [0.717, 1.165) is 0 Å². The quantitative estimate of drug-likeness (QED) is 0.427. The average Bonchev–Trinajstić information content (AvgIpc) is 2.38. The number of carbonyl (C=O) groups is 1. The van der Waals surface area contributed by atoms with Crippen LogP contribution in [0.25, 0.3) is 0 Å². The summed E-state index contributed by atoms with van der Waals surface area (Å²) in [6.45, 7) is 2.94. The monoisotopic (exact) mass is 281 g/mol. The molecule has 0 saturated carbocycles. The summed E-state index contributed by atoms with van der Waals surface area (Å²) in [7, 11) is 1.56. The molecule has 0 aliphatic carbocycles. The van der Waals surface area contributed by atoms with Crippen molar-refractivity contribution in [2.24, 2.45) is 0 Å². The molecule has 1 rings (SSSR count). The number of nitro benzene ring substituents is 1. The van der Waals surface area contributed by atoms with E-state index < -0.39 is 4.92 Å². The van der Waals surface area contributed by atoms with Gasteiger partial charge >= 0.3 is 0 Å². The SMILES string of the molecule is COCCNC(=O)CCNc1cccc(C)c1[N+](=O)[O-]. The third kappa shape index (κ3) is 4.85. The fourth-order valence-electron chi connectivity index (χ4n) is 1.74. The Morgan fingerprint density at radius 1 is 1.40 bits per heavy atom. The average molecular weight is 281 g/mol. The molecule has 0 heterocycles. The van der Waals surface area contributed by atoms with Crippen LogP contribution in [0, 0.1) is 17.0 Å². The number of aryl methyl sites for hydroxylation is 1. The lowest BCUT2D eigenvalue weighted by atomic mass is 10.1. The fourth-order valence-corrected chi connectivity index (χ4v) is 1.74. The van der Waals surface area contributed by atoms with Gasteiger partial charge in [0.2, 0.25) is 5.91 Å². The molecule has 20 heavy (non-hydrogen) atoms. The Morgan fingerprint density at radius 3 is 2.80 bits per heavy atom. The normalized spacial score (nSPS) is 10.1. The molecule has 1 aromatic rings. The van der Waals surface area contributed by atoms with Crippen molar-refractivity contribution in [1.82, 2.24) is 5.32 Å². The maximum atomic E-state index is 11.5. The van der Waals surface area contributed by atoms with E-state index in [1.807, 2.05) is 0 Å². The van der Waals surface area contributed by atoms with E-state index in [4.69, 9.17) is 4.74 Å². The minimum atomic E-state index is -0.420. The predicted molar refractivity (Wildman–Crippen MR) is 75.8 cm³/mol. The van der Waals surface area contributed by atoms with Gasteiger partial charge in [0.1, 0.15) is 5.69 Å². The molecule has 0 aliphatic rings. The second-order valence-electron chi connectivity index (χ2n) is 4.25. The van der Waals surface area contributed by atoms with E-state index >= 15 is 0 Å². The molecule has 0 atom stereocenters. The Kier molecular flexibility index (Phi) is 6.45. The van der Waals surface area contributed by atoms with Crippen molar-refractivity contribution in [1.29, 1.82) is 0 Å². The van der Waals surface area contributed by atoms with Crippen LogP contribution in [0.4, 0.5) is 11.4 Å². The van der Waals surface area contributed by atoms with Crippen molar-refractivity contribution >= 4 is 17.3 Å². The maximum absolute atomic E-state index is 11.5. The fraction of sp³-hybridized carbons (Fsp3) is 0.462. The van der Waals surface area contributed by atoms with Crippen LogP contribution >= 0.6 is 0 Å². The molecule has 0 saturated heterocycles. The zero-order chi connectivity index (χ0) is 15.0. The van der Waals surface area contributed by atoms with Crippen molar-refractivity contribution in [2.45, 2.75) is 13.3 Å². The zero-order valence-electron chi connectivity index (χ0n) is 11.6. The second-order valence-corrected chi connectivity index (χ2v) is 4.25. The van der Waals surface area contributed by atoms with Gasteiger partial charge in [0, 0.05) is 32.2 Å². The Balaban J connectivity index is 2.48. The van der Waals surface area contributed by atoms with Crippen molar-refractivity contribution in [3.63, 3.8) is 0 Å². The van der Waals surface area contributed by atoms with Gasteiger partial charge in [0.05, 0.1) is 11.5 Å². The molecule has 7 heteroatoms. The number of nitrogens with one attached hydrogen (secondary N) is 2. The molecule has 0 radical (unpaired) electrons. The van der Waals surface area contributed by atoms with Gasteiger partial charge in [-0.25, -0.2) is 0 Å². The van der Waals surface area contributed by atoms with Gasteiger partial charge < -0.3 is 15.4 Å². The number of rotatable bonds is 8. The molecular weight excluding hydrogens is 262 g/mol. The summed E-state index contributed by atoms with van der Waals surface area (Å²) in [6, 6.07) is 5.05. The largest absolute Gasteiger partial charge is 0.383 e. The number of methoxy groups -OCH3 is 1. The minimum absolute atomic E-state index is 0.0484. The van der Waals surface area contributed by atoms with Gasteiger partial charge in [0.25, 0.3) is 5.69 Å². The molecule has 0 fully saturated rings. The number of ether oxygens (including phenoxy) is 1. The summed E-state index contributed by atoms with van der Waals surface area (Å²) in [5.41, 5.74) is 1.07. The first-order valence-electron chi connectivity index (χ1n) is 6.29. The lowest BCUT2D eigenvalue weighted by Crippen LogP contribution is -2.28. The Labute approximate surface area is 117 Å². The van der Waals surface area contributed by atoms with Crippen LogP contribution < -0.4 is 10.6 Å². The maximum Gasteiger partial charge on any atom is 0.295 e. The van der Waals surface area contributed by atoms with Crippen molar-refractivity contribution < 1.29 is 14.5 Å². The van der Waals surface area contributed by atoms with Gasteiger partial charge in [-0.3, -0.25) is 14.9 Å². The molecule has 0 bridgehead atoms. The molecule has 0 aliphatic heterocycles. The van der Waals surface area contributed by atoms with E-state index in [2.05, 4.69) is 10.6 Å². The van der Waals surface area contributed by atoms with Crippen LogP contribution in [0.2, 0.25) is 0 Å². The molecule has 1 aromatic carbocycles. The molecule has 1 amide bonds. The van der Waals surface area contributed by atoms with E-state index in [-0.39, 0.29) is 18.0 Å². The van der Waals surface area contributed by atoms with Crippen molar-refractivity contribution in [3.05, 3.63) is 33.9 Å².